The molecule has 0 radical (unpaired) electrons. The number of hydrogen-bond acceptors (Lipinski definition) is 3. The third kappa shape index (κ3) is 6.15. The van der Waals surface area contributed by atoms with Crippen LogP contribution in [0, 0.1) is 0 Å². The monoisotopic (exact) mass is 861 g/mol. The van der Waals surface area contributed by atoms with E-state index in [-0.39, 0.29) is 5.41 Å². The van der Waals surface area contributed by atoms with Crippen LogP contribution >= 0.6 is 11.3 Å². The zero-order valence-electron chi connectivity index (χ0n) is 36.6. The number of para-hydroxylation sites is 1. The summed E-state index contributed by atoms with van der Waals surface area (Å²) in [6.07, 6.45) is 0. The van der Waals surface area contributed by atoms with Gasteiger partial charge >= 0.3 is 0 Å². The van der Waals surface area contributed by atoms with Gasteiger partial charge in [-0.15, -0.1) is 11.3 Å². The molecule has 0 saturated heterocycles. The zero-order chi connectivity index (χ0) is 43.9. The number of benzene rings is 10. The lowest BCUT2D eigenvalue weighted by molar-refractivity contribution is 0.660. The molecule has 13 rings (SSSR count). The molecule has 1 aliphatic rings. The standard InChI is InChI=1S/C63H43NOS/c1-63(2)56-17-6-3-11-51(56)55-39-45(31-38-57(55)63)42-23-21-40(22-24-42)41-25-32-46(33-26-41)64(47-34-27-43(28-35-47)49-14-10-19-59-61(49)54-13-4-7-18-58(54)65-59)48-36-29-44(30-37-48)50-15-9-16-53-52-12-5-8-20-60(52)66-62(50)53/h3-39H,1-2H3. The van der Waals surface area contributed by atoms with Gasteiger partial charge in [0.05, 0.1) is 0 Å². The summed E-state index contributed by atoms with van der Waals surface area (Å²) in [5, 5.41) is 4.91. The molecule has 0 amide bonds. The number of anilines is 3. The van der Waals surface area contributed by atoms with E-state index in [2.05, 4.69) is 231 Å². The summed E-state index contributed by atoms with van der Waals surface area (Å²) in [5.41, 5.74) is 20.2. The van der Waals surface area contributed by atoms with Gasteiger partial charge in [0.2, 0.25) is 0 Å². The molecule has 2 nitrogen and oxygen atoms in total. The maximum Gasteiger partial charge on any atom is 0.136 e. The second-order valence-electron chi connectivity index (χ2n) is 18.0. The summed E-state index contributed by atoms with van der Waals surface area (Å²) >= 11 is 1.87. The lowest BCUT2D eigenvalue weighted by Gasteiger charge is -2.26. The molecule has 0 unspecified atom stereocenters. The molecule has 312 valence electrons. The van der Waals surface area contributed by atoms with Gasteiger partial charge in [0.15, 0.2) is 0 Å². The van der Waals surface area contributed by atoms with E-state index in [1.807, 2.05) is 23.5 Å². The lowest BCUT2D eigenvalue weighted by Crippen LogP contribution is -2.14. The average Bonchev–Trinajstić information content (AvgIpc) is 4.02. The number of nitrogens with zero attached hydrogens (tertiary/aromatic N) is 1. The Labute approximate surface area is 388 Å². The van der Waals surface area contributed by atoms with Gasteiger partial charge < -0.3 is 9.32 Å². The predicted molar refractivity (Wildman–Crippen MR) is 281 cm³/mol. The van der Waals surface area contributed by atoms with E-state index in [9.17, 15) is 0 Å². The maximum atomic E-state index is 6.26. The smallest absolute Gasteiger partial charge is 0.136 e. The average molecular weight is 862 g/mol. The van der Waals surface area contributed by atoms with E-state index < -0.39 is 0 Å². The minimum Gasteiger partial charge on any atom is -0.456 e. The molecule has 12 aromatic rings. The number of fused-ring (bicyclic) bond motifs is 9. The minimum absolute atomic E-state index is 0.00367. The molecule has 0 spiro atoms. The first-order chi connectivity index (χ1) is 32.5. The molecule has 3 heteroatoms. The molecule has 0 N–H and O–H groups in total. The molecule has 2 heterocycles. The van der Waals surface area contributed by atoms with E-state index in [0.717, 1.165) is 50.1 Å². The summed E-state index contributed by atoms with van der Waals surface area (Å²) in [4.78, 5) is 2.36. The van der Waals surface area contributed by atoms with E-state index in [0.29, 0.717) is 0 Å². The van der Waals surface area contributed by atoms with Crippen molar-refractivity contribution in [1.29, 1.82) is 0 Å². The van der Waals surface area contributed by atoms with Crippen molar-refractivity contribution < 1.29 is 4.42 Å². The Hall–Kier alpha value is -7.98. The van der Waals surface area contributed by atoms with Crippen LogP contribution in [0.4, 0.5) is 17.1 Å². The van der Waals surface area contributed by atoms with E-state index in [1.54, 1.807) is 0 Å². The van der Waals surface area contributed by atoms with Crippen LogP contribution in [0.3, 0.4) is 0 Å². The Morgan fingerprint density at radius 2 is 0.848 bits per heavy atom. The Balaban J connectivity index is 0.851. The molecule has 1 aliphatic carbocycles. The van der Waals surface area contributed by atoms with Gasteiger partial charge in [0.1, 0.15) is 11.2 Å². The van der Waals surface area contributed by atoms with Gasteiger partial charge in [-0.25, -0.2) is 0 Å². The van der Waals surface area contributed by atoms with Crippen LogP contribution in [0.1, 0.15) is 25.0 Å². The van der Waals surface area contributed by atoms with Crippen LogP contribution < -0.4 is 4.90 Å². The van der Waals surface area contributed by atoms with Crippen LogP contribution in [-0.4, -0.2) is 0 Å². The quantitative estimate of drug-likeness (QED) is 0.159. The van der Waals surface area contributed by atoms with Crippen molar-refractivity contribution in [3.05, 3.63) is 236 Å². The number of rotatable bonds is 7. The molecule has 2 aromatic heterocycles. The first kappa shape index (κ1) is 38.5. The number of furan rings is 1. The van der Waals surface area contributed by atoms with Crippen molar-refractivity contribution in [3.8, 4) is 55.6 Å². The molecule has 0 atom stereocenters. The summed E-state index contributed by atoms with van der Waals surface area (Å²) in [7, 11) is 0. The third-order valence-electron chi connectivity index (χ3n) is 13.9. The van der Waals surface area contributed by atoms with Gasteiger partial charge in [0, 0.05) is 53.4 Å². The van der Waals surface area contributed by atoms with E-state index in [1.165, 1.54) is 75.8 Å². The summed E-state index contributed by atoms with van der Waals surface area (Å²) in [6, 6.07) is 82.0. The fourth-order valence-corrected chi connectivity index (χ4v) is 11.8. The fraction of sp³-hybridized carbons (Fsp3) is 0.0476. The SMILES string of the molecule is CC1(C)c2ccccc2-c2cc(-c3ccc(-c4ccc(N(c5ccc(-c6cccc7c6sc6ccccc67)cc5)c5ccc(-c6cccc7oc8ccccc8c67)cc5)cc4)cc3)ccc21. The normalized spacial score (nSPS) is 12.8. The van der Waals surface area contributed by atoms with Crippen molar-refractivity contribution in [3.63, 3.8) is 0 Å². The fourth-order valence-electron chi connectivity index (χ4n) is 10.6. The number of hydrogen-bond donors (Lipinski definition) is 0. The van der Waals surface area contributed by atoms with Crippen molar-refractivity contribution >= 4 is 70.5 Å². The third-order valence-corrected chi connectivity index (χ3v) is 15.2. The largest absolute Gasteiger partial charge is 0.456 e. The Kier molecular flexibility index (Phi) is 8.78. The first-order valence-corrected chi connectivity index (χ1v) is 23.5. The van der Waals surface area contributed by atoms with Crippen LogP contribution in [0.25, 0.3) is 97.7 Å². The molecule has 0 fully saturated rings. The minimum atomic E-state index is 0.00367. The van der Waals surface area contributed by atoms with Crippen molar-refractivity contribution in [2.24, 2.45) is 0 Å². The van der Waals surface area contributed by atoms with Gasteiger partial charge in [-0.2, -0.15) is 0 Å². The van der Waals surface area contributed by atoms with E-state index >= 15 is 0 Å². The highest BCUT2D eigenvalue weighted by atomic mass is 32.1. The number of thiophene rings is 1. The zero-order valence-corrected chi connectivity index (χ0v) is 37.4. The molecule has 0 bridgehead atoms. The highest BCUT2D eigenvalue weighted by Crippen LogP contribution is 2.50. The molecule has 66 heavy (non-hydrogen) atoms. The second kappa shape index (κ2) is 15.1. The van der Waals surface area contributed by atoms with E-state index in [4.69, 9.17) is 4.42 Å². The highest BCUT2D eigenvalue weighted by molar-refractivity contribution is 7.26. The Bertz CT molecular complexity index is 3820. The molecule has 10 aromatic carbocycles. The topological polar surface area (TPSA) is 16.4 Å². The van der Waals surface area contributed by atoms with Crippen LogP contribution in [0.2, 0.25) is 0 Å². The summed E-state index contributed by atoms with van der Waals surface area (Å²) < 4.78 is 8.91. The van der Waals surface area contributed by atoms with Crippen molar-refractivity contribution in [1.82, 2.24) is 0 Å². The predicted octanol–water partition coefficient (Wildman–Crippen LogP) is 18.4. The van der Waals surface area contributed by atoms with Crippen LogP contribution in [-0.2, 0) is 5.41 Å². The van der Waals surface area contributed by atoms with Gasteiger partial charge in [-0.1, -0.05) is 178 Å². The molecule has 0 aliphatic heterocycles. The van der Waals surface area contributed by atoms with Crippen molar-refractivity contribution in [2.75, 3.05) is 4.90 Å². The second-order valence-corrected chi connectivity index (χ2v) is 19.1. The van der Waals surface area contributed by atoms with Crippen LogP contribution in [0.15, 0.2) is 229 Å². The first-order valence-electron chi connectivity index (χ1n) is 22.7. The van der Waals surface area contributed by atoms with Gasteiger partial charge in [-0.3, -0.25) is 0 Å². The van der Waals surface area contributed by atoms with Crippen LogP contribution in [0.5, 0.6) is 0 Å². The molecular weight excluding hydrogens is 819 g/mol. The lowest BCUT2D eigenvalue weighted by atomic mass is 9.82. The van der Waals surface area contributed by atoms with Gasteiger partial charge in [0.25, 0.3) is 0 Å². The summed E-state index contributed by atoms with van der Waals surface area (Å²) in [6.45, 7) is 4.67. The molecule has 0 saturated carbocycles. The van der Waals surface area contributed by atoms with Crippen molar-refractivity contribution in [2.45, 2.75) is 19.3 Å². The van der Waals surface area contributed by atoms with Gasteiger partial charge in [-0.05, 0) is 127 Å². The highest BCUT2D eigenvalue weighted by Gasteiger charge is 2.35. The molecular formula is C63H43NOS. The Morgan fingerprint density at radius 1 is 0.364 bits per heavy atom. The Morgan fingerprint density at radius 3 is 1.58 bits per heavy atom. The maximum absolute atomic E-state index is 6.26. The summed E-state index contributed by atoms with van der Waals surface area (Å²) in [5.74, 6) is 0.